The average Bonchev–Trinajstić information content (AvgIpc) is 2.76. The van der Waals surface area contributed by atoms with Crippen LogP contribution in [0.3, 0.4) is 0 Å². The number of amides is 3. The van der Waals surface area contributed by atoms with Crippen molar-refractivity contribution in [2.75, 3.05) is 13.2 Å². The molecule has 0 aliphatic carbocycles. The Hall–Kier alpha value is -3.46. The first-order valence-electron chi connectivity index (χ1n) is 10.6. The first-order valence-corrected chi connectivity index (χ1v) is 10.6. The number of nitrogens with one attached hydrogen (secondary N) is 3. The maximum atomic E-state index is 12.8. The van der Waals surface area contributed by atoms with Crippen LogP contribution in [0.2, 0.25) is 0 Å². The number of carbonyl (C=O) groups excluding carboxylic acids is 3. The van der Waals surface area contributed by atoms with E-state index in [2.05, 4.69) is 15.6 Å². The van der Waals surface area contributed by atoms with Crippen molar-refractivity contribution in [2.24, 2.45) is 28.1 Å². The Bertz CT molecular complexity index is 757. The maximum absolute atomic E-state index is 12.8. The largest absolute Gasteiger partial charge is 0.481 e. The number of guanidine groups is 1. The lowest BCUT2D eigenvalue weighted by atomic mass is 9.98. The smallest absolute Gasteiger partial charge is 0.326 e. The number of rotatable bonds is 16. The Morgan fingerprint density at radius 2 is 1.44 bits per heavy atom. The molecule has 0 spiro atoms. The summed E-state index contributed by atoms with van der Waals surface area (Å²) in [6.45, 7) is 2.84. The van der Waals surface area contributed by atoms with Gasteiger partial charge in [0.15, 0.2) is 5.96 Å². The number of aliphatic hydroxyl groups is 1. The lowest BCUT2D eigenvalue weighted by Gasteiger charge is -2.25. The van der Waals surface area contributed by atoms with Crippen LogP contribution in [0.15, 0.2) is 4.99 Å². The Labute approximate surface area is 196 Å². The van der Waals surface area contributed by atoms with Crippen molar-refractivity contribution >= 4 is 35.6 Å². The molecule has 0 aliphatic rings. The number of aliphatic hydroxyl groups excluding tert-OH is 1. The number of hydrogen-bond acceptors (Lipinski definition) is 8. The van der Waals surface area contributed by atoms with Gasteiger partial charge in [0.05, 0.1) is 19.1 Å². The molecule has 5 atom stereocenters. The minimum absolute atomic E-state index is 0.0537. The van der Waals surface area contributed by atoms with Crippen molar-refractivity contribution in [3.05, 3.63) is 0 Å². The van der Waals surface area contributed by atoms with E-state index in [0.717, 1.165) is 0 Å². The quantitative estimate of drug-likeness (QED) is 0.0580. The zero-order valence-electron chi connectivity index (χ0n) is 19.2. The summed E-state index contributed by atoms with van der Waals surface area (Å²) in [5.41, 5.74) is 16.4. The van der Waals surface area contributed by atoms with Crippen LogP contribution in [-0.4, -0.2) is 88.3 Å². The number of nitrogens with two attached hydrogens (primary N) is 3. The first-order chi connectivity index (χ1) is 15.8. The number of carboxylic acids is 2. The molecule has 5 unspecified atom stereocenters. The summed E-state index contributed by atoms with van der Waals surface area (Å²) < 4.78 is 0. The second-order valence-electron chi connectivity index (χ2n) is 7.66. The predicted octanol–water partition coefficient (Wildman–Crippen LogP) is -3.58. The molecule has 34 heavy (non-hydrogen) atoms. The lowest BCUT2D eigenvalue weighted by molar-refractivity contribution is -0.147. The molecule has 15 heteroatoms. The fourth-order valence-corrected chi connectivity index (χ4v) is 2.67. The van der Waals surface area contributed by atoms with Gasteiger partial charge in [-0.25, -0.2) is 4.79 Å². The Morgan fingerprint density at radius 3 is 1.91 bits per heavy atom. The standard InChI is InChI=1S/C19H35N7O8/c1-3-9(2)14(20)17(32)24-10(5-4-6-23-19(21)22)15(30)26-12(8-27)16(31)25-11(18(33)34)7-13(28)29/h9-12,14,27H,3-8,20H2,1-2H3,(H,24,32)(H,25,31)(H,26,30)(H,28,29)(H,33,34)(H4,21,22,23). The molecule has 0 heterocycles. The Kier molecular flexibility index (Phi) is 13.8. The van der Waals surface area contributed by atoms with E-state index in [4.69, 9.17) is 27.4 Å². The van der Waals surface area contributed by atoms with E-state index in [0.29, 0.717) is 6.42 Å². The molecule has 0 saturated carbocycles. The molecular weight excluding hydrogens is 454 g/mol. The van der Waals surface area contributed by atoms with E-state index >= 15 is 0 Å². The first kappa shape index (κ1) is 30.5. The van der Waals surface area contributed by atoms with Crippen molar-refractivity contribution in [1.29, 1.82) is 0 Å². The molecule has 0 rings (SSSR count). The van der Waals surface area contributed by atoms with E-state index in [-0.39, 0.29) is 31.3 Å². The molecule has 0 aromatic rings. The van der Waals surface area contributed by atoms with E-state index < -0.39 is 66.9 Å². The average molecular weight is 490 g/mol. The fourth-order valence-electron chi connectivity index (χ4n) is 2.67. The fraction of sp³-hybridized carbons (Fsp3) is 0.684. The third-order valence-corrected chi connectivity index (χ3v) is 4.95. The van der Waals surface area contributed by atoms with Gasteiger partial charge in [-0.1, -0.05) is 20.3 Å². The minimum Gasteiger partial charge on any atom is -0.481 e. The molecule has 12 N–H and O–H groups in total. The zero-order chi connectivity index (χ0) is 26.4. The molecule has 0 aliphatic heterocycles. The van der Waals surface area contributed by atoms with Crippen molar-refractivity contribution in [2.45, 2.75) is 63.7 Å². The van der Waals surface area contributed by atoms with Gasteiger partial charge in [-0.3, -0.25) is 24.2 Å². The van der Waals surface area contributed by atoms with Crippen molar-refractivity contribution < 1.29 is 39.3 Å². The molecule has 0 radical (unpaired) electrons. The summed E-state index contributed by atoms with van der Waals surface area (Å²) >= 11 is 0. The van der Waals surface area contributed by atoms with Gasteiger partial charge in [0.25, 0.3) is 0 Å². The monoisotopic (exact) mass is 489 g/mol. The summed E-state index contributed by atoms with van der Waals surface area (Å²) in [5.74, 6) is -5.99. The number of aliphatic carboxylic acids is 2. The van der Waals surface area contributed by atoms with Gasteiger partial charge in [-0.05, 0) is 18.8 Å². The summed E-state index contributed by atoms with van der Waals surface area (Å²) in [5, 5.41) is 34.0. The van der Waals surface area contributed by atoms with Crippen LogP contribution >= 0.6 is 0 Å². The van der Waals surface area contributed by atoms with Gasteiger partial charge >= 0.3 is 11.9 Å². The van der Waals surface area contributed by atoms with Crippen molar-refractivity contribution in [3.63, 3.8) is 0 Å². The Balaban J connectivity index is 5.41. The van der Waals surface area contributed by atoms with E-state index in [1.807, 2.05) is 12.2 Å². The second-order valence-corrected chi connectivity index (χ2v) is 7.66. The number of carbonyl (C=O) groups is 5. The highest BCUT2D eigenvalue weighted by atomic mass is 16.4. The second kappa shape index (κ2) is 15.4. The van der Waals surface area contributed by atoms with Crippen LogP contribution in [0.25, 0.3) is 0 Å². The van der Waals surface area contributed by atoms with Gasteiger partial charge in [0, 0.05) is 6.54 Å². The van der Waals surface area contributed by atoms with Crippen LogP contribution in [0.1, 0.15) is 39.5 Å². The number of nitrogens with zero attached hydrogens (tertiary/aromatic N) is 1. The number of aliphatic imine (C=N–C) groups is 1. The highest BCUT2D eigenvalue weighted by molar-refractivity contribution is 5.94. The van der Waals surface area contributed by atoms with Crippen molar-refractivity contribution in [1.82, 2.24) is 16.0 Å². The van der Waals surface area contributed by atoms with Gasteiger partial charge in [-0.15, -0.1) is 0 Å². The third-order valence-electron chi connectivity index (χ3n) is 4.95. The molecule has 15 nitrogen and oxygen atoms in total. The van der Waals surface area contributed by atoms with Gasteiger partial charge in [-0.2, -0.15) is 0 Å². The van der Waals surface area contributed by atoms with E-state index in [1.54, 1.807) is 6.92 Å². The summed E-state index contributed by atoms with van der Waals surface area (Å²) in [4.78, 5) is 63.3. The molecule has 0 aromatic heterocycles. The summed E-state index contributed by atoms with van der Waals surface area (Å²) in [6, 6.07) is -5.46. The van der Waals surface area contributed by atoms with Gasteiger partial charge < -0.3 is 48.5 Å². The third kappa shape index (κ3) is 11.4. The summed E-state index contributed by atoms with van der Waals surface area (Å²) in [6.07, 6.45) is 0.0244. The molecule has 0 fully saturated rings. The van der Waals surface area contributed by atoms with E-state index in [9.17, 15) is 29.1 Å². The minimum atomic E-state index is -1.78. The van der Waals surface area contributed by atoms with Crippen molar-refractivity contribution in [3.8, 4) is 0 Å². The molecule has 0 aromatic carbocycles. The highest BCUT2D eigenvalue weighted by Crippen LogP contribution is 2.07. The molecule has 0 saturated heterocycles. The van der Waals surface area contributed by atoms with Crippen LogP contribution < -0.4 is 33.2 Å². The molecule has 0 bridgehead atoms. The van der Waals surface area contributed by atoms with Crippen LogP contribution in [-0.2, 0) is 24.0 Å². The van der Waals surface area contributed by atoms with Gasteiger partial charge in [0.2, 0.25) is 17.7 Å². The van der Waals surface area contributed by atoms with Gasteiger partial charge in [0.1, 0.15) is 18.1 Å². The lowest BCUT2D eigenvalue weighted by Crippen LogP contribution is -2.58. The molecule has 194 valence electrons. The topological polar surface area (TPSA) is 273 Å². The molecular formula is C19H35N7O8. The number of hydrogen-bond donors (Lipinski definition) is 9. The van der Waals surface area contributed by atoms with Crippen LogP contribution in [0, 0.1) is 5.92 Å². The van der Waals surface area contributed by atoms with Crippen LogP contribution in [0.5, 0.6) is 0 Å². The Morgan fingerprint density at radius 1 is 0.912 bits per heavy atom. The SMILES string of the molecule is CCC(C)C(N)C(=O)NC(CCCN=C(N)N)C(=O)NC(CO)C(=O)NC(CC(=O)O)C(=O)O. The van der Waals surface area contributed by atoms with E-state index in [1.165, 1.54) is 0 Å². The van der Waals surface area contributed by atoms with Crippen LogP contribution in [0.4, 0.5) is 0 Å². The summed E-state index contributed by atoms with van der Waals surface area (Å²) in [7, 11) is 0. The zero-order valence-corrected chi connectivity index (χ0v) is 19.2. The number of carboxylic acid groups (broad SMARTS) is 2. The normalized spacial score (nSPS) is 15.1. The highest BCUT2D eigenvalue weighted by Gasteiger charge is 2.31. The predicted molar refractivity (Wildman–Crippen MR) is 120 cm³/mol. The maximum Gasteiger partial charge on any atom is 0.326 e. The molecule has 3 amide bonds.